The maximum Gasteiger partial charge on any atom is 0.408 e. The number of hydrogen-bond donors (Lipinski definition) is 2. The van der Waals surface area contributed by atoms with Crippen LogP contribution in [0.1, 0.15) is 97.4 Å². The zero-order chi connectivity index (χ0) is 26.7. The Labute approximate surface area is 211 Å². The van der Waals surface area contributed by atoms with Crippen LogP contribution >= 0.6 is 0 Å². The second-order valence-electron chi connectivity index (χ2n) is 11.9. The van der Waals surface area contributed by atoms with Gasteiger partial charge in [-0.25, -0.2) is 4.79 Å². The predicted octanol–water partition coefficient (Wildman–Crippen LogP) is 5.19. The molecule has 1 aliphatic carbocycles. The number of carbonyl (C=O) groups excluding carboxylic acids is 3. The van der Waals surface area contributed by atoms with Gasteiger partial charge in [0.15, 0.2) is 0 Å². The number of amides is 3. The molecule has 0 bridgehead atoms. The van der Waals surface area contributed by atoms with E-state index in [9.17, 15) is 14.4 Å². The van der Waals surface area contributed by atoms with E-state index >= 15 is 0 Å². The number of nitrogens with zero attached hydrogens (tertiary/aromatic N) is 1. The molecule has 3 unspecified atom stereocenters. The Morgan fingerprint density at radius 1 is 1.06 bits per heavy atom. The van der Waals surface area contributed by atoms with E-state index in [2.05, 4.69) is 10.6 Å². The molecule has 0 spiro atoms. The number of rotatable bonds is 8. The van der Waals surface area contributed by atoms with Crippen molar-refractivity contribution in [2.24, 2.45) is 5.92 Å². The summed E-state index contributed by atoms with van der Waals surface area (Å²) in [4.78, 5) is 42.4. The molecule has 2 N–H and O–H groups in total. The van der Waals surface area contributed by atoms with Crippen molar-refractivity contribution in [1.82, 2.24) is 15.5 Å². The van der Waals surface area contributed by atoms with Crippen molar-refractivity contribution in [3.05, 3.63) is 34.9 Å². The number of carbonyl (C=O) groups is 3. The lowest BCUT2D eigenvalue weighted by atomic mass is 9.91. The summed E-state index contributed by atoms with van der Waals surface area (Å²) in [5.41, 5.74) is 1.61. The van der Waals surface area contributed by atoms with Crippen molar-refractivity contribution in [3.8, 4) is 0 Å². The number of alkyl carbamates (subject to hydrolysis) is 1. The summed E-state index contributed by atoms with van der Waals surface area (Å²) >= 11 is 0. The van der Waals surface area contributed by atoms with Gasteiger partial charge >= 0.3 is 6.09 Å². The number of aryl methyl sites for hydroxylation is 2. The summed E-state index contributed by atoms with van der Waals surface area (Å²) < 4.78 is 5.47. The Bertz CT molecular complexity index is 905. The maximum absolute atomic E-state index is 14.2. The molecule has 1 saturated carbocycles. The highest BCUT2D eigenvalue weighted by molar-refractivity contribution is 5.93. The molecule has 7 heteroatoms. The first kappa shape index (κ1) is 28.7. The van der Waals surface area contributed by atoms with E-state index < -0.39 is 29.3 Å². The molecule has 1 aliphatic rings. The minimum atomic E-state index is -0.801. The van der Waals surface area contributed by atoms with Crippen molar-refractivity contribution < 1.29 is 19.1 Å². The van der Waals surface area contributed by atoms with Crippen LogP contribution in [0.4, 0.5) is 4.79 Å². The Kier molecular flexibility index (Phi) is 9.01. The van der Waals surface area contributed by atoms with Crippen LogP contribution in [0.25, 0.3) is 0 Å². The molecule has 0 heterocycles. The Morgan fingerprint density at radius 3 is 2.03 bits per heavy atom. The van der Waals surface area contributed by atoms with Gasteiger partial charge in [-0.2, -0.15) is 0 Å². The van der Waals surface area contributed by atoms with Crippen LogP contribution in [0, 0.1) is 19.8 Å². The Balaban J connectivity index is 2.56. The van der Waals surface area contributed by atoms with Gasteiger partial charge in [-0.3, -0.25) is 9.59 Å². The van der Waals surface area contributed by atoms with Crippen molar-refractivity contribution in [2.45, 2.75) is 118 Å². The second-order valence-corrected chi connectivity index (χ2v) is 11.9. The zero-order valence-corrected chi connectivity index (χ0v) is 23.2. The van der Waals surface area contributed by atoms with Crippen molar-refractivity contribution in [1.29, 1.82) is 0 Å². The lowest BCUT2D eigenvalue weighted by Crippen LogP contribution is -2.57. The molecule has 0 aromatic heterocycles. The quantitative estimate of drug-likeness (QED) is 0.528. The smallest absolute Gasteiger partial charge is 0.408 e. The molecule has 0 aliphatic heterocycles. The van der Waals surface area contributed by atoms with E-state index in [-0.39, 0.29) is 23.8 Å². The summed E-state index contributed by atoms with van der Waals surface area (Å²) in [5.74, 6) is -0.597. The molecular formula is C28H45N3O4. The summed E-state index contributed by atoms with van der Waals surface area (Å²) in [5, 5.41) is 5.93. The van der Waals surface area contributed by atoms with Crippen molar-refractivity contribution in [3.63, 3.8) is 0 Å². The van der Waals surface area contributed by atoms with Crippen LogP contribution in [0.3, 0.4) is 0 Å². The van der Waals surface area contributed by atoms with Crippen LogP contribution in [0.2, 0.25) is 0 Å². The average Bonchev–Trinajstić information content (AvgIpc) is 3.52. The average molecular weight is 488 g/mol. The molecule has 1 aromatic carbocycles. The van der Waals surface area contributed by atoms with Gasteiger partial charge in [-0.05, 0) is 90.8 Å². The van der Waals surface area contributed by atoms with Gasteiger partial charge in [0.25, 0.3) is 0 Å². The fourth-order valence-electron chi connectivity index (χ4n) is 4.24. The van der Waals surface area contributed by atoms with Gasteiger partial charge in [0.05, 0.1) is 0 Å². The molecule has 3 atom stereocenters. The standard InChI is InChI=1S/C28H45N3O4/c1-11-17(2)22(29-26(34)35-28(8,9)10)25(33)31(20-15-16-20)23(24(32)30-27(5,6)7)21-18(3)13-12-14-19(21)4/h12-14,17,20,22-23H,11,15-16H2,1-10H3,(H,29,34)(H,30,32). The van der Waals surface area contributed by atoms with Crippen LogP contribution in [0.5, 0.6) is 0 Å². The van der Waals surface area contributed by atoms with Gasteiger partial charge < -0.3 is 20.3 Å². The van der Waals surface area contributed by atoms with Crippen LogP contribution < -0.4 is 10.6 Å². The SMILES string of the molecule is CCC(C)C(NC(=O)OC(C)(C)C)C(=O)N(C1CC1)C(C(=O)NC(C)(C)C)c1c(C)cccc1C. The minimum Gasteiger partial charge on any atom is -0.444 e. The van der Waals surface area contributed by atoms with E-state index in [4.69, 9.17) is 4.74 Å². The van der Waals surface area contributed by atoms with Crippen molar-refractivity contribution in [2.75, 3.05) is 0 Å². The van der Waals surface area contributed by atoms with E-state index in [1.807, 2.05) is 66.7 Å². The maximum atomic E-state index is 14.2. The number of ether oxygens (including phenoxy) is 1. The third kappa shape index (κ3) is 7.97. The van der Waals surface area contributed by atoms with E-state index in [0.29, 0.717) is 6.42 Å². The largest absolute Gasteiger partial charge is 0.444 e. The normalized spacial score (nSPS) is 16.6. The highest BCUT2D eigenvalue weighted by Gasteiger charge is 2.46. The third-order valence-electron chi connectivity index (χ3n) is 6.19. The summed E-state index contributed by atoms with van der Waals surface area (Å²) in [6.07, 6.45) is 1.72. The third-order valence-corrected chi connectivity index (χ3v) is 6.19. The molecule has 196 valence electrons. The fourth-order valence-corrected chi connectivity index (χ4v) is 4.24. The lowest BCUT2D eigenvalue weighted by Gasteiger charge is -2.38. The molecule has 3 amide bonds. The topological polar surface area (TPSA) is 87.7 Å². The van der Waals surface area contributed by atoms with Gasteiger partial charge in [-0.15, -0.1) is 0 Å². The first-order valence-electron chi connectivity index (χ1n) is 12.8. The number of nitrogens with one attached hydrogen (secondary N) is 2. The number of hydrogen-bond acceptors (Lipinski definition) is 4. The first-order valence-corrected chi connectivity index (χ1v) is 12.8. The summed E-state index contributed by atoms with van der Waals surface area (Å²) in [6.45, 7) is 19.0. The minimum absolute atomic E-state index is 0.0517. The molecule has 2 rings (SSSR count). The van der Waals surface area contributed by atoms with E-state index in [1.54, 1.807) is 25.7 Å². The van der Waals surface area contributed by atoms with Gasteiger partial charge in [0, 0.05) is 11.6 Å². The summed E-state index contributed by atoms with van der Waals surface area (Å²) in [6, 6.07) is 4.26. The van der Waals surface area contributed by atoms with Crippen LogP contribution in [-0.2, 0) is 14.3 Å². The first-order chi connectivity index (χ1) is 16.1. The highest BCUT2D eigenvalue weighted by atomic mass is 16.6. The molecule has 1 aromatic rings. The lowest BCUT2D eigenvalue weighted by molar-refractivity contribution is -0.144. The Morgan fingerprint density at radius 2 is 1.60 bits per heavy atom. The van der Waals surface area contributed by atoms with Crippen LogP contribution in [-0.4, -0.2) is 46.0 Å². The van der Waals surface area contributed by atoms with E-state index in [1.165, 1.54) is 0 Å². The molecule has 35 heavy (non-hydrogen) atoms. The van der Waals surface area contributed by atoms with E-state index in [0.717, 1.165) is 29.5 Å². The molecule has 0 saturated heterocycles. The predicted molar refractivity (Wildman–Crippen MR) is 139 cm³/mol. The Hall–Kier alpha value is -2.57. The fraction of sp³-hybridized carbons (Fsp3) is 0.679. The van der Waals surface area contributed by atoms with Crippen LogP contribution in [0.15, 0.2) is 18.2 Å². The second kappa shape index (κ2) is 11.0. The van der Waals surface area contributed by atoms with Gasteiger partial charge in [0.1, 0.15) is 17.7 Å². The van der Waals surface area contributed by atoms with Gasteiger partial charge in [0.2, 0.25) is 11.8 Å². The number of benzene rings is 1. The van der Waals surface area contributed by atoms with Gasteiger partial charge in [-0.1, -0.05) is 38.5 Å². The van der Waals surface area contributed by atoms with Crippen molar-refractivity contribution >= 4 is 17.9 Å². The molecule has 1 fully saturated rings. The molecular weight excluding hydrogens is 442 g/mol. The molecule has 7 nitrogen and oxygen atoms in total. The summed E-state index contributed by atoms with van der Waals surface area (Å²) in [7, 11) is 0. The monoisotopic (exact) mass is 487 g/mol. The molecule has 0 radical (unpaired) electrons. The highest BCUT2D eigenvalue weighted by Crippen LogP contribution is 2.38. The zero-order valence-electron chi connectivity index (χ0n) is 23.2.